The van der Waals surface area contributed by atoms with Crippen molar-refractivity contribution in [1.82, 2.24) is 0 Å². The van der Waals surface area contributed by atoms with Gasteiger partial charge in [-0.2, -0.15) is 26.3 Å². The number of aryl methyl sites for hydroxylation is 2. The summed E-state index contributed by atoms with van der Waals surface area (Å²) in [5.41, 5.74) is 1.47. The molecule has 1 aliphatic carbocycles. The quantitative estimate of drug-likeness (QED) is 0.608. The molecule has 0 bridgehead atoms. The summed E-state index contributed by atoms with van der Waals surface area (Å²) in [6.07, 6.45) is 0. The van der Waals surface area contributed by atoms with Crippen LogP contribution in [0.3, 0.4) is 0 Å². The van der Waals surface area contributed by atoms with Crippen molar-refractivity contribution in [2.24, 2.45) is 0 Å². The van der Waals surface area contributed by atoms with Gasteiger partial charge in [-0.1, -0.05) is 35.4 Å². The highest BCUT2D eigenvalue weighted by atomic mass is 19.3. The summed E-state index contributed by atoms with van der Waals surface area (Å²) in [7, 11) is 0. The number of halogens is 6. The zero-order valence-corrected chi connectivity index (χ0v) is 14.2. The second-order valence-electron chi connectivity index (χ2n) is 6.21. The van der Waals surface area contributed by atoms with Gasteiger partial charge in [0.05, 0.1) is 0 Å². The Hall–Kier alpha value is -2.64. The molecule has 1 aliphatic rings. The van der Waals surface area contributed by atoms with Crippen LogP contribution in [0.4, 0.5) is 26.3 Å². The molecule has 8 heteroatoms. The van der Waals surface area contributed by atoms with Crippen LogP contribution in [0.1, 0.15) is 11.1 Å². The first kappa shape index (κ1) is 19.1. The summed E-state index contributed by atoms with van der Waals surface area (Å²) in [5, 5.41) is 0. The van der Waals surface area contributed by atoms with E-state index in [9.17, 15) is 26.3 Å². The topological polar surface area (TPSA) is 18.5 Å². The van der Waals surface area contributed by atoms with Crippen molar-refractivity contribution in [1.29, 1.82) is 0 Å². The molecule has 27 heavy (non-hydrogen) atoms. The Labute approximate surface area is 151 Å². The molecule has 2 aromatic carbocycles. The molecule has 144 valence electrons. The predicted molar refractivity (Wildman–Crippen MR) is 85.5 cm³/mol. The van der Waals surface area contributed by atoms with E-state index in [1.807, 2.05) is 0 Å². The summed E-state index contributed by atoms with van der Waals surface area (Å²) in [5.74, 6) is -20.7. The van der Waals surface area contributed by atoms with Crippen molar-refractivity contribution < 1.29 is 35.8 Å². The summed E-state index contributed by atoms with van der Waals surface area (Å²) >= 11 is 0. The molecule has 0 saturated carbocycles. The molecule has 0 radical (unpaired) electrons. The number of rotatable bonds is 4. The predicted octanol–water partition coefficient (Wildman–Crippen LogP) is 5.89. The molecule has 0 fully saturated rings. The standard InChI is InChI=1S/C19H14F6O2/c1-11-3-7-13(8-4-11)26-15-16(27-14-9-5-12(2)6-10-14)18(22,23)19(24,25)17(15,20)21/h3-10H,1-2H3. The number of ether oxygens (including phenoxy) is 2. The van der Waals surface area contributed by atoms with Crippen molar-refractivity contribution in [3.05, 3.63) is 71.2 Å². The number of alkyl halides is 6. The van der Waals surface area contributed by atoms with Crippen molar-refractivity contribution in [3.8, 4) is 11.5 Å². The monoisotopic (exact) mass is 388 g/mol. The van der Waals surface area contributed by atoms with Gasteiger partial charge in [0.15, 0.2) is 0 Å². The van der Waals surface area contributed by atoms with Crippen LogP contribution in [-0.4, -0.2) is 17.8 Å². The van der Waals surface area contributed by atoms with E-state index >= 15 is 0 Å². The highest BCUT2D eigenvalue weighted by Gasteiger charge is 2.83. The lowest BCUT2D eigenvalue weighted by Crippen LogP contribution is -2.50. The number of benzene rings is 2. The smallest absolute Gasteiger partial charge is 0.387 e. The van der Waals surface area contributed by atoms with Gasteiger partial charge in [0, 0.05) is 0 Å². The molecule has 0 aromatic heterocycles. The maximum atomic E-state index is 14.2. The number of hydrogen-bond donors (Lipinski definition) is 0. The molecule has 0 amide bonds. The first-order valence-electron chi connectivity index (χ1n) is 7.84. The summed E-state index contributed by atoms with van der Waals surface area (Å²) in [6, 6.07) is 10.7. The van der Waals surface area contributed by atoms with Crippen molar-refractivity contribution >= 4 is 0 Å². The fourth-order valence-corrected chi connectivity index (χ4v) is 2.44. The van der Waals surface area contributed by atoms with Gasteiger partial charge in [0.2, 0.25) is 11.5 Å². The molecule has 2 nitrogen and oxygen atoms in total. The van der Waals surface area contributed by atoms with E-state index in [0.29, 0.717) is 0 Å². The Bertz CT molecular complexity index is 799. The SMILES string of the molecule is Cc1ccc(OC2=C(Oc3ccc(C)cc3)C(F)(F)C(F)(F)C2(F)F)cc1. The van der Waals surface area contributed by atoms with E-state index < -0.39 is 29.3 Å². The molecule has 3 rings (SSSR count). The lowest BCUT2D eigenvalue weighted by molar-refractivity contribution is -0.273. The first-order valence-corrected chi connectivity index (χ1v) is 7.84. The van der Waals surface area contributed by atoms with Crippen LogP contribution in [0.2, 0.25) is 0 Å². The maximum Gasteiger partial charge on any atom is 0.387 e. The van der Waals surface area contributed by atoms with Gasteiger partial charge in [-0.05, 0) is 38.1 Å². The summed E-state index contributed by atoms with van der Waals surface area (Å²) in [6.45, 7) is 3.39. The zero-order valence-electron chi connectivity index (χ0n) is 14.2. The summed E-state index contributed by atoms with van der Waals surface area (Å²) < 4.78 is 93.9. The van der Waals surface area contributed by atoms with Gasteiger partial charge in [-0.25, -0.2) is 0 Å². The first-order chi connectivity index (χ1) is 12.5. The van der Waals surface area contributed by atoms with E-state index in [0.717, 1.165) is 11.1 Å². The minimum Gasteiger partial charge on any atom is -0.451 e. The molecule has 0 N–H and O–H groups in total. The van der Waals surface area contributed by atoms with Gasteiger partial charge < -0.3 is 9.47 Å². The van der Waals surface area contributed by atoms with Gasteiger partial charge in [0.1, 0.15) is 11.5 Å². The Morgan fingerprint density at radius 1 is 0.556 bits per heavy atom. The van der Waals surface area contributed by atoms with Crippen LogP contribution in [0.5, 0.6) is 11.5 Å². The van der Waals surface area contributed by atoms with Crippen LogP contribution in [0.15, 0.2) is 60.0 Å². The highest BCUT2D eigenvalue weighted by molar-refractivity contribution is 5.40. The average Bonchev–Trinajstić information content (AvgIpc) is 2.69. The highest BCUT2D eigenvalue weighted by Crippen LogP contribution is 2.59. The van der Waals surface area contributed by atoms with Crippen LogP contribution in [-0.2, 0) is 0 Å². The maximum absolute atomic E-state index is 14.2. The largest absolute Gasteiger partial charge is 0.451 e. The third-order valence-electron chi connectivity index (χ3n) is 4.05. The third kappa shape index (κ3) is 3.02. The molecule has 0 spiro atoms. The van der Waals surface area contributed by atoms with Crippen LogP contribution >= 0.6 is 0 Å². The fourth-order valence-electron chi connectivity index (χ4n) is 2.44. The fraction of sp³-hybridized carbons (Fsp3) is 0.263. The van der Waals surface area contributed by atoms with Crippen LogP contribution < -0.4 is 9.47 Å². The van der Waals surface area contributed by atoms with Gasteiger partial charge >= 0.3 is 17.8 Å². The third-order valence-corrected chi connectivity index (χ3v) is 4.05. The minimum atomic E-state index is -5.71. The van der Waals surface area contributed by atoms with Crippen LogP contribution in [0.25, 0.3) is 0 Å². The Kier molecular flexibility index (Phi) is 4.40. The van der Waals surface area contributed by atoms with E-state index in [1.54, 1.807) is 13.8 Å². The Morgan fingerprint density at radius 2 is 0.852 bits per heavy atom. The Morgan fingerprint density at radius 3 is 1.15 bits per heavy atom. The number of allylic oxidation sites excluding steroid dienone is 2. The van der Waals surface area contributed by atoms with Crippen LogP contribution in [0, 0.1) is 13.8 Å². The van der Waals surface area contributed by atoms with E-state index in [4.69, 9.17) is 9.47 Å². The molecular weight excluding hydrogens is 374 g/mol. The lowest BCUT2D eigenvalue weighted by atomic mass is 10.1. The lowest BCUT2D eigenvalue weighted by Gasteiger charge is -2.24. The summed E-state index contributed by atoms with van der Waals surface area (Å²) in [4.78, 5) is 0. The molecule has 0 saturated heterocycles. The van der Waals surface area contributed by atoms with Crippen molar-refractivity contribution in [2.75, 3.05) is 0 Å². The zero-order chi connectivity index (χ0) is 20.0. The van der Waals surface area contributed by atoms with Gasteiger partial charge in [-0.3, -0.25) is 0 Å². The second kappa shape index (κ2) is 6.21. The normalized spacial score (nSPS) is 19.9. The number of hydrogen-bond acceptors (Lipinski definition) is 2. The minimum absolute atomic E-state index is 0.297. The van der Waals surface area contributed by atoms with Crippen molar-refractivity contribution in [3.63, 3.8) is 0 Å². The van der Waals surface area contributed by atoms with E-state index in [1.165, 1.54) is 48.5 Å². The molecule has 0 unspecified atom stereocenters. The van der Waals surface area contributed by atoms with E-state index in [-0.39, 0.29) is 11.5 Å². The van der Waals surface area contributed by atoms with Crippen molar-refractivity contribution in [2.45, 2.75) is 31.6 Å². The molecule has 2 aromatic rings. The van der Waals surface area contributed by atoms with Gasteiger partial charge in [0.25, 0.3) is 0 Å². The molecule has 0 atom stereocenters. The van der Waals surface area contributed by atoms with Gasteiger partial charge in [-0.15, -0.1) is 0 Å². The molecular formula is C19H14F6O2. The van der Waals surface area contributed by atoms with E-state index in [2.05, 4.69) is 0 Å². The average molecular weight is 388 g/mol. The second-order valence-corrected chi connectivity index (χ2v) is 6.21. The Balaban J connectivity index is 2.09. The molecule has 0 aliphatic heterocycles. The molecule has 0 heterocycles.